The van der Waals surface area contributed by atoms with Crippen LogP contribution in [0, 0.1) is 0 Å². The average Bonchev–Trinajstić information content (AvgIpc) is 2.56. The lowest BCUT2D eigenvalue weighted by molar-refractivity contribution is -0.115. The number of carbonyl (C=O) groups is 2. The zero-order chi connectivity index (χ0) is 17.7. The first kappa shape index (κ1) is 18.1. The van der Waals surface area contributed by atoms with Crippen molar-refractivity contribution >= 4 is 29.3 Å². The van der Waals surface area contributed by atoms with Crippen molar-refractivity contribution in [2.24, 2.45) is 0 Å². The standard InChI is InChI=1S/C19H21NO3S/c1-4-18(21)20-16-10-9-13(11-15(16)19(22)23)24-17-8-6-5-7-14(17)12(2)3/h5-12H,4H2,1-3H3,(H,20,21)(H,22,23). The Morgan fingerprint density at radius 1 is 1.17 bits per heavy atom. The van der Waals surface area contributed by atoms with Crippen LogP contribution in [-0.2, 0) is 4.79 Å². The van der Waals surface area contributed by atoms with E-state index in [2.05, 4.69) is 25.2 Å². The molecule has 2 rings (SSSR count). The average molecular weight is 343 g/mol. The van der Waals surface area contributed by atoms with Crippen LogP contribution < -0.4 is 5.32 Å². The fourth-order valence-corrected chi connectivity index (χ4v) is 3.42. The van der Waals surface area contributed by atoms with Crippen LogP contribution in [0.2, 0.25) is 0 Å². The fraction of sp³-hybridized carbons (Fsp3) is 0.263. The molecule has 126 valence electrons. The molecular formula is C19H21NO3S. The van der Waals surface area contributed by atoms with E-state index in [0.29, 0.717) is 18.0 Å². The molecule has 0 atom stereocenters. The lowest BCUT2D eigenvalue weighted by atomic mass is 10.0. The molecular weight excluding hydrogens is 322 g/mol. The van der Waals surface area contributed by atoms with Crippen molar-refractivity contribution in [3.8, 4) is 0 Å². The molecule has 0 bridgehead atoms. The molecule has 0 radical (unpaired) electrons. The molecule has 0 saturated heterocycles. The zero-order valence-corrected chi connectivity index (χ0v) is 14.8. The van der Waals surface area contributed by atoms with E-state index in [1.165, 1.54) is 17.3 Å². The van der Waals surface area contributed by atoms with Crippen LogP contribution in [0.4, 0.5) is 5.69 Å². The van der Waals surface area contributed by atoms with E-state index < -0.39 is 5.97 Å². The molecule has 0 fully saturated rings. The minimum Gasteiger partial charge on any atom is -0.478 e. The number of anilines is 1. The highest BCUT2D eigenvalue weighted by Gasteiger charge is 2.14. The summed E-state index contributed by atoms with van der Waals surface area (Å²) in [4.78, 5) is 25.0. The maximum absolute atomic E-state index is 11.5. The second-order valence-corrected chi connectivity index (χ2v) is 6.82. The molecule has 0 aromatic heterocycles. The number of amides is 1. The highest BCUT2D eigenvalue weighted by molar-refractivity contribution is 7.99. The normalized spacial score (nSPS) is 10.7. The van der Waals surface area contributed by atoms with Gasteiger partial charge in [0.05, 0.1) is 11.3 Å². The quantitative estimate of drug-likeness (QED) is 0.774. The lowest BCUT2D eigenvalue weighted by Crippen LogP contribution is -2.13. The fourth-order valence-electron chi connectivity index (χ4n) is 2.29. The van der Waals surface area contributed by atoms with Gasteiger partial charge in [-0.15, -0.1) is 0 Å². The van der Waals surface area contributed by atoms with Crippen LogP contribution in [0.25, 0.3) is 0 Å². The van der Waals surface area contributed by atoms with Crippen molar-refractivity contribution < 1.29 is 14.7 Å². The molecule has 0 spiro atoms. The number of carboxylic acid groups (broad SMARTS) is 1. The van der Waals surface area contributed by atoms with Gasteiger partial charge in [0, 0.05) is 16.2 Å². The number of rotatable bonds is 6. The molecule has 0 unspecified atom stereocenters. The maximum atomic E-state index is 11.5. The predicted octanol–water partition coefficient (Wildman–Crippen LogP) is 5.01. The number of hydrogen-bond acceptors (Lipinski definition) is 3. The van der Waals surface area contributed by atoms with Gasteiger partial charge in [0.2, 0.25) is 5.91 Å². The van der Waals surface area contributed by atoms with E-state index in [-0.39, 0.29) is 11.5 Å². The van der Waals surface area contributed by atoms with Gasteiger partial charge in [0.15, 0.2) is 0 Å². The molecule has 4 nitrogen and oxygen atoms in total. The highest BCUT2D eigenvalue weighted by Crippen LogP contribution is 2.35. The Morgan fingerprint density at radius 3 is 2.50 bits per heavy atom. The summed E-state index contributed by atoms with van der Waals surface area (Å²) in [7, 11) is 0. The van der Waals surface area contributed by atoms with E-state index >= 15 is 0 Å². The first-order valence-electron chi connectivity index (χ1n) is 7.86. The molecule has 2 aromatic carbocycles. The minimum absolute atomic E-state index is 0.101. The summed E-state index contributed by atoms with van der Waals surface area (Å²) in [5.74, 6) is -0.875. The Morgan fingerprint density at radius 2 is 1.88 bits per heavy atom. The van der Waals surface area contributed by atoms with Gasteiger partial charge in [0.1, 0.15) is 0 Å². The molecule has 2 aromatic rings. The number of nitrogens with one attached hydrogen (secondary N) is 1. The summed E-state index contributed by atoms with van der Waals surface area (Å²) in [5.41, 5.74) is 1.66. The first-order valence-corrected chi connectivity index (χ1v) is 8.68. The van der Waals surface area contributed by atoms with Crippen molar-refractivity contribution in [1.82, 2.24) is 0 Å². The molecule has 0 aliphatic rings. The summed E-state index contributed by atoms with van der Waals surface area (Å²) in [6, 6.07) is 13.2. The summed E-state index contributed by atoms with van der Waals surface area (Å²) in [6.45, 7) is 5.99. The van der Waals surface area contributed by atoms with Gasteiger partial charge in [0.25, 0.3) is 0 Å². The summed E-state index contributed by atoms with van der Waals surface area (Å²) < 4.78 is 0. The van der Waals surface area contributed by atoms with Gasteiger partial charge in [-0.2, -0.15) is 0 Å². The van der Waals surface area contributed by atoms with Gasteiger partial charge in [-0.25, -0.2) is 4.79 Å². The molecule has 1 amide bonds. The number of benzene rings is 2. The predicted molar refractivity (Wildman–Crippen MR) is 97.0 cm³/mol. The van der Waals surface area contributed by atoms with Gasteiger partial charge in [-0.3, -0.25) is 4.79 Å². The van der Waals surface area contributed by atoms with E-state index in [9.17, 15) is 14.7 Å². The van der Waals surface area contributed by atoms with Crippen LogP contribution in [0.1, 0.15) is 49.0 Å². The third-order valence-electron chi connectivity index (χ3n) is 3.59. The Labute approximate surface area is 146 Å². The van der Waals surface area contributed by atoms with Gasteiger partial charge in [-0.1, -0.05) is 50.7 Å². The molecule has 5 heteroatoms. The highest BCUT2D eigenvalue weighted by atomic mass is 32.2. The minimum atomic E-state index is -1.05. The van der Waals surface area contributed by atoms with Crippen molar-refractivity contribution in [2.75, 3.05) is 5.32 Å². The van der Waals surface area contributed by atoms with E-state index in [1.54, 1.807) is 19.1 Å². The van der Waals surface area contributed by atoms with Crippen LogP contribution in [0.5, 0.6) is 0 Å². The Hall–Kier alpha value is -2.27. The monoisotopic (exact) mass is 343 g/mol. The third-order valence-corrected chi connectivity index (χ3v) is 4.67. The van der Waals surface area contributed by atoms with Crippen LogP contribution in [-0.4, -0.2) is 17.0 Å². The lowest BCUT2D eigenvalue weighted by Gasteiger charge is -2.13. The molecule has 0 aliphatic heterocycles. The first-order chi connectivity index (χ1) is 11.4. The van der Waals surface area contributed by atoms with Crippen molar-refractivity contribution in [3.63, 3.8) is 0 Å². The number of hydrogen-bond donors (Lipinski definition) is 2. The van der Waals surface area contributed by atoms with Crippen molar-refractivity contribution in [3.05, 3.63) is 53.6 Å². The Kier molecular flexibility index (Phi) is 6.04. The number of carbonyl (C=O) groups excluding carboxylic acids is 1. The summed E-state index contributed by atoms with van der Waals surface area (Å²) >= 11 is 1.53. The second-order valence-electron chi connectivity index (χ2n) is 5.71. The SMILES string of the molecule is CCC(=O)Nc1ccc(Sc2ccccc2C(C)C)cc1C(=O)O. The van der Waals surface area contributed by atoms with E-state index in [4.69, 9.17) is 0 Å². The largest absolute Gasteiger partial charge is 0.478 e. The van der Waals surface area contributed by atoms with E-state index in [0.717, 1.165) is 9.79 Å². The smallest absolute Gasteiger partial charge is 0.337 e. The van der Waals surface area contributed by atoms with Crippen LogP contribution in [0.15, 0.2) is 52.3 Å². The molecule has 24 heavy (non-hydrogen) atoms. The van der Waals surface area contributed by atoms with Crippen LogP contribution >= 0.6 is 11.8 Å². The molecule has 2 N–H and O–H groups in total. The van der Waals surface area contributed by atoms with Gasteiger partial charge in [-0.05, 0) is 35.7 Å². The third kappa shape index (κ3) is 4.38. The number of aromatic carboxylic acids is 1. The van der Waals surface area contributed by atoms with Crippen LogP contribution in [0.3, 0.4) is 0 Å². The van der Waals surface area contributed by atoms with Crippen molar-refractivity contribution in [1.29, 1.82) is 0 Å². The summed E-state index contributed by atoms with van der Waals surface area (Å²) in [5, 5.41) is 12.1. The molecule has 0 heterocycles. The maximum Gasteiger partial charge on any atom is 0.337 e. The number of carboxylic acids is 1. The Bertz CT molecular complexity index is 756. The van der Waals surface area contributed by atoms with Crippen molar-refractivity contribution in [2.45, 2.75) is 42.9 Å². The molecule has 0 aliphatic carbocycles. The topological polar surface area (TPSA) is 66.4 Å². The van der Waals surface area contributed by atoms with Gasteiger partial charge >= 0.3 is 5.97 Å². The van der Waals surface area contributed by atoms with Gasteiger partial charge < -0.3 is 10.4 Å². The zero-order valence-electron chi connectivity index (χ0n) is 14.0. The second kappa shape index (κ2) is 8.02. The van der Waals surface area contributed by atoms with E-state index in [1.807, 2.05) is 24.3 Å². The summed E-state index contributed by atoms with van der Waals surface area (Å²) in [6.07, 6.45) is 0.303. The molecule has 0 saturated carbocycles. The Balaban J connectivity index is 2.34.